The van der Waals surface area contributed by atoms with Gasteiger partial charge in [0.1, 0.15) is 0 Å². The Hall–Kier alpha value is -1.56. The van der Waals surface area contributed by atoms with Gasteiger partial charge in [-0.15, -0.1) is 0 Å². The van der Waals surface area contributed by atoms with Crippen LogP contribution in [-0.2, 0) is 7.05 Å². The van der Waals surface area contributed by atoms with Gasteiger partial charge in [-0.3, -0.25) is 4.68 Å². The van der Waals surface area contributed by atoms with Crippen LogP contribution in [0.1, 0.15) is 6.92 Å². The first-order valence-electron chi connectivity index (χ1n) is 4.77. The Balaban J connectivity index is 2.55. The standard InChI is InChI=1S/C9H17N5O/c1-7(4-10)14(3)9(15)12-8-5-11-13(2)6-8/h5-7H,4,10H2,1-3H3,(H,12,15). The lowest BCUT2D eigenvalue weighted by atomic mass is 10.3. The largest absolute Gasteiger partial charge is 0.328 e. The molecule has 0 aliphatic heterocycles. The number of urea groups is 1. The van der Waals surface area contributed by atoms with Gasteiger partial charge >= 0.3 is 6.03 Å². The van der Waals surface area contributed by atoms with Crippen molar-refractivity contribution in [1.82, 2.24) is 14.7 Å². The van der Waals surface area contributed by atoms with Crippen LogP contribution in [0, 0.1) is 0 Å². The molecule has 0 aromatic carbocycles. The molecule has 0 saturated heterocycles. The minimum absolute atomic E-state index is 0.0154. The Morgan fingerprint density at radius 1 is 1.80 bits per heavy atom. The summed E-state index contributed by atoms with van der Waals surface area (Å²) in [5.41, 5.74) is 6.15. The Morgan fingerprint density at radius 3 is 2.93 bits per heavy atom. The molecule has 0 fully saturated rings. The number of nitrogens with one attached hydrogen (secondary N) is 1. The van der Waals surface area contributed by atoms with E-state index in [2.05, 4.69) is 10.4 Å². The van der Waals surface area contributed by atoms with Crippen molar-refractivity contribution in [2.24, 2.45) is 12.8 Å². The van der Waals surface area contributed by atoms with Crippen molar-refractivity contribution < 1.29 is 4.79 Å². The number of aryl methyl sites for hydroxylation is 1. The van der Waals surface area contributed by atoms with Crippen molar-refractivity contribution in [3.63, 3.8) is 0 Å². The van der Waals surface area contributed by atoms with Crippen LogP contribution in [0.15, 0.2) is 12.4 Å². The third kappa shape index (κ3) is 2.95. The van der Waals surface area contributed by atoms with E-state index in [1.54, 1.807) is 36.1 Å². The van der Waals surface area contributed by atoms with Gasteiger partial charge in [0, 0.05) is 32.9 Å². The first-order valence-corrected chi connectivity index (χ1v) is 4.77. The minimum Gasteiger partial charge on any atom is -0.328 e. The van der Waals surface area contributed by atoms with E-state index >= 15 is 0 Å². The molecule has 0 saturated carbocycles. The van der Waals surface area contributed by atoms with Crippen molar-refractivity contribution >= 4 is 11.7 Å². The number of hydrogen-bond donors (Lipinski definition) is 2. The molecule has 6 nitrogen and oxygen atoms in total. The van der Waals surface area contributed by atoms with E-state index in [0.717, 1.165) is 0 Å². The number of hydrogen-bond acceptors (Lipinski definition) is 3. The van der Waals surface area contributed by atoms with E-state index in [-0.39, 0.29) is 12.1 Å². The molecule has 1 atom stereocenters. The van der Waals surface area contributed by atoms with E-state index in [1.165, 1.54) is 0 Å². The van der Waals surface area contributed by atoms with Gasteiger partial charge in [-0.05, 0) is 6.92 Å². The SMILES string of the molecule is CC(CN)N(C)C(=O)Nc1cnn(C)c1. The average Bonchev–Trinajstić information content (AvgIpc) is 2.61. The molecule has 0 bridgehead atoms. The lowest BCUT2D eigenvalue weighted by molar-refractivity contribution is 0.209. The van der Waals surface area contributed by atoms with Crippen LogP contribution < -0.4 is 11.1 Å². The molecule has 1 heterocycles. The summed E-state index contributed by atoms with van der Waals surface area (Å²) in [5.74, 6) is 0. The van der Waals surface area contributed by atoms with Crippen LogP contribution in [0.5, 0.6) is 0 Å². The zero-order valence-electron chi connectivity index (χ0n) is 9.27. The van der Waals surface area contributed by atoms with E-state index in [1.807, 2.05) is 6.92 Å². The first kappa shape index (κ1) is 11.5. The van der Waals surface area contributed by atoms with Gasteiger partial charge in [0.2, 0.25) is 0 Å². The maximum Gasteiger partial charge on any atom is 0.321 e. The summed E-state index contributed by atoms with van der Waals surface area (Å²) < 4.78 is 1.63. The molecule has 0 radical (unpaired) electrons. The maximum absolute atomic E-state index is 11.6. The van der Waals surface area contributed by atoms with Crippen LogP contribution in [0.4, 0.5) is 10.5 Å². The van der Waals surface area contributed by atoms with Crippen molar-refractivity contribution in [2.75, 3.05) is 18.9 Å². The highest BCUT2D eigenvalue weighted by Gasteiger charge is 2.14. The second-order valence-electron chi connectivity index (χ2n) is 3.53. The molecule has 15 heavy (non-hydrogen) atoms. The predicted octanol–water partition coefficient (Wildman–Crippen LogP) is 0.231. The zero-order valence-corrected chi connectivity index (χ0v) is 9.27. The summed E-state index contributed by atoms with van der Waals surface area (Å²) in [5, 5.41) is 6.68. The molecule has 2 amide bonds. The second kappa shape index (κ2) is 4.79. The Bertz CT molecular complexity index is 335. The highest BCUT2D eigenvalue weighted by Crippen LogP contribution is 2.05. The Labute approximate surface area is 89.0 Å². The van der Waals surface area contributed by atoms with Crippen molar-refractivity contribution in [3.8, 4) is 0 Å². The lowest BCUT2D eigenvalue weighted by Crippen LogP contribution is -2.42. The molecule has 3 N–H and O–H groups in total. The first-order chi connectivity index (χ1) is 7.04. The highest BCUT2D eigenvalue weighted by molar-refractivity contribution is 5.89. The highest BCUT2D eigenvalue weighted by atomic mass is 16.2. The number of nitrogens with zero attached hydrogens (tertiary/aromatic N) is 3. The van der Waals surface area contributed by atoms with Gasteiger partial charge in [0.05, 0.1) is 11.9 Å². The van der Waals surface area contributed by atoms with Crippen molar-refractivity contribution in [2.45, 2.75) is 13.0 Å². The number of anilines is 1. The van der Waals surface area contributed by atoms with E-state index in [9.17, 15) is 4.79 Å². The molecule has 6 heteroatoms. The number of nitrogens with two attached hydrogens (primary N) is 1. The molecule has 1 unspecified atom stereocenters. The molecule has 1 aromatic rings. The summed E-state index contributed by atoms with van der Waals surface area (Å²) in [4.78, 5) is 13.2. The Kier molecular flexibility index (Phi) is 3.68. The number of carbonyl (C=O) groups excluding carboxylic acids is 1. The molecule has 1 aromatic heterocycles. The minimum atomic E-state index is -0.180. The Morgan fingerprint density at radius 2 is 2.47 bits per heavy atom. The van der Waals surface area contributed by atoms with Crippen LogP contribution in [0.3, 0.4) is 0 Å². The molecular weight excluding hydrogens is 194 g/mol. The number of likely N-dealkylation sites (N-methyl/N-ethyl adjacent to an activating group) is 1. The van der Waals surface area contributed by atoms with E-state index in [0.29, 0.717) is 12.2 Å². The summed E-state index contributed by atoms with van der Waals surface area (Å²) in [7, 11) is 3.51. The zero-order chi connectivity index (χ0) is 11.4. The monoisotopic (exact) mass is 211 g/mol. The summed E-state index contributed by atoms with van der Waals surface area (Å²) in [6.45, 7) is 2.33. The van der Waals surface area contributed by atoms with Gasteiger partial charge < -0.3 is 16.0 Å². The molecule has 1 rings (SSSR count). The third-order valence-electron chi connectivity index (χ3n) is 2.28. The summed E-state index contributed by atoms with van der Waals surface area (Å²) >= 11 is 0. The van der Waals surface area contributed by atoms with Gasteiger partial charge in [0.25, 0.3) is 0 Å². The molecule has 0 spiro atoms. The fourth-order valence-corrected chi connectivity index (χ4v) is 1.06. The fraction of sp³-hybridized carbons (Fsp3) is 0.556. The van der Waals surface area contributed by atoms with Gasteiger partial charge in [-0.1, -0.05) is 0 Å². The molecule has 0 aliphatic rings. The summed E-state index contributed by atoms with van der Waals surface area (Å²) in [6.07, 6.45) is 3.33. The smallest absolute Gasteiger partial charge is 0.321 e. The van der Waals surface area contributed by atoms with Gasteiger partial charge in [-0.2, -0.15) is 5.10 Å². The topological polar surface area (TPSA) is 76.2 Å². The van der Waals surface area contributed by atoms with Gasteiger partial charge in [0.15, 0.2) is 0 Å². The molecular formula is C9H17N5O. The van der Waals surface area contributed by atoms with E-state index in [4.69, 9.17) is 5.73 Å². The van der Waals surface area contributed by atoms with Crippen molar-refractivity contribution in [3.05, 3.63) is 12.4 Å². The van der Waals surface area contributed by atoms with E-state index < -0.39 is 0 Å². The summed E-state index contributed by atoms with van der Waals surface area (Å²) in [6, 6.07) is -0.164. The number of aromatic nitrogens is 2. The quantitative estimate of drug-likeness (QED) is 0.751. The molecule has 0 aliphatic carbocycles. The third-order valence-corrected chi connectivity index (χ3v) is 2.28. The van der Waals surface area contributed by atoms with Crippen LogP contribution in [-0.4, -0.2) is 40.3 Å². The average molecular weight is 211 g/mol. The molecule has 84 valence electrons. The number of amides is 2. The number of carbonyl (C=O) groups is 1. The van der Waals surface area contributed by atoms with Crippen molar-refractivity contribution in [1.29, 1.82) is 0 Å². The van der Waals surface area contributed by atoms with Crippen LogP contribution >= 0.6 is 0 Å². The van der Waals surface area contributed by atoms with Crippen LogP contribution in [0.25, 0.3) is 0 Å². The predicted molar refractivity (Wildman–Crippen MR) is 58.5 cm³/mol. The lowest BCUT2D eigenvalue weighted by Gasteiger charge is -2.23. The number of rotatable bonds is 3. The fourth-order valence-electron chi connectivity index (χ4n) is 1.06. The van der Waals surface area contributed by atoms with Crippen LogP contribution in [0.2, 0.25) is 0 Å². The normalized spacial score (nSPS) is 12.3. The van der Waals surface area contributed by atoms with Gasteiger partial charge in [-0.25, -0.2) is 4.79 Å². The maximum atomic E-state index is 11.6. The second-order valence-corrected chi connectivity index (χ2v) is 3.53.